The van der Waals surface area contributed by atoms with Crippen LogP contribution in [0.3, 0.4) is 0 Å². The van der Waals surface area contributed by atoms with E-state index >= 15 is 0 Å². The summed E-state index contributed by atoms with van der Waals surface area (Å²) in [5, 5.41) is 26.7. The van der Waals surface area contributed by atoms with E-state index in [2.05, 4.69) is 17.2 Å². The Hall–Kier alpha value is -4.26. The van der Waals surface area contributed by atoms with Crippen molar-refractivity contribution in [1.29, 1.82) is 0 Å². The van der Waals surface area contributed by atoms with Gasteiger partial charge in [0, 0.05) is 12.3 Å². The zero-order chi connectivity index (χ0) is 33.4. The molecule has 0 bridgehead atoms. The number of methoxy groups -OCH3 is 2. The van der Waals surface area contributed by atoms with Crippen molar-refractivity contribution in [1.82, 2.24) is 14.9 Å². The lowest BCUT2D eigenvalue weighted by atomic mass is 9.80. The second-order valence-electron chi connectivity index (χ2n) is 11.6. The Labute approximate surface area is 273 Å². The molecule has 0 aliphatic carbocycles. The molecule has 3 aromatic carbocycles. The molecule has 11 nitrogen and oxygen atoms in total. The number of benzene rings is 3. The van der Waals surface area contributed by atoms with Crippen LogP contribution in [0.1, 0.15) is 55.5 Å². The fourth-order valence-corrected chi connectivity index (χ4v) is 6.11. The SMILES string of the molecule is CCCCCCN[C@@]1(O)[C@H](O)[C@@H](COC(c2ccccc2)(c2ccc(OC)cc2)c2ccc(OC)cc2)O[C@H]1n1ccc(=O)[nH]c1=O. The number of rotatable bonds is 15. The number of aromatic nitrogens is 2. The number of nitrogens with one attached hydrogen (secondary N) is 2. The van der Waals surface area contributed by atoms with Crippen molar-refractivity contribution in [2.45, 2.75) is 62.4 Å². The highest BCUT2D eigenvalue weighted by molar-refractivity contribution is 5.49. The highest BCUT2D eigenvalue weighted by atomic mass is 16.6. The topological polar surface area (TPSA) is 144 Å². The van der Waals surface area contributed by atoms with Crippen molar-refractivity contribution >= 4 is 0 Å². The molecule has 0 radical (unpaired) electrons. The van der Waals surface area contributed by atoms with Gasteiger partial charge in [-0.3, -0.25) is 19.7 Å². The average molecular weight is 646 g/mol. The minimum atomic E-state index is -2.07. The molecule has 4 N–H and O–H groups in total. The monoisotopic (exact) mass is 645 g/mol. The first-order chi connectivity index (χ1) is 22.8. The zero-order valence-corrected chi connectivity index (χ0v) is 26.9. The molecule has 0 amide bonds. The molecule has 0 spiro atoms. The van der Waals surface area contributed by atoms with E-state index in [1.54, 1.807) is 14.2 Å². The lowest BCUT2D eigenvalue weighted by Crippen LogP contribution is -2.59. The molecule has 250 valence electrons. The van der Waals surface area contributed by atoms with E-state index in [4.69, 9.17) is 18.9 Å². The first-order valence-electron chi connectivity index (χ1n) is 15.9. The van der Waals surface area contributed by atoms with Gasteiger partial charge in [-0.15, -0.1) is 0 Å². The predicted molar refractivity (Wildman–Crippen MR) is 177 cm³/mol. The van der Waals surface area contributed by atoms with Crippen LogP contribution in [0.2, 0.25) is 0 Å². The summed E-state index contributed by atoms with van der Waals surface area (Å²) in [5.74, 6) is 1.34. The third-order valence-electron chi connectivity index (χ3n) is 8.66. The van der Waals surface area contributed by atoms with E-state index in [1.807, 2.05) is 78.9 Å². The van der Waals surface area contributed by atoms with E-state index in [1.165, 1.54) is 6.20 Å². The third-order valence-corrected chi connectivity index (χ3v) is 8.66. The molecule has 0 saturated carbocycles. The second kappa shape index (κ2) is 15.1. The van der Waals surface area contributed by atoms with Gasteiger partial charge in [0.1, 0.15) is 29.3 Å². The molecule has 4 aromatic rings. The molecule has 1 aliphatic heterocycles. The Morgan fingerprint density at radius 2 is 1.47 bits per heavy atom. The maximum atomic E-state index is 12.9. The fraction of sp³-hybridized carbons (Fsp3) is 0.389. The number of nitrogens with zero attached hydrogens (tertiary/aromatic N) is 1. The summed E-state index contributed by atoms with van der Waals surface area (Å²) >= 11 is 0. The molecule has 1 aromatic heterocycles. The van der Waals surface area contributed by atoms with Crippen molar-refractivity contribution in [3.05, 3.63) is 129 Å². The van der Waals surface area contributed by atoms with Gasteiger partial charge in [0.05, 0.1) is 20.8 Å². The van der Waals surface area contributed by atoms with Gasteiger partial charge in [-0.1, -0.05) is 80.8 Å². The van der Waals surface area contributed by atoms with E-state index in [0.29, 0.717) is 18.0 Å². The number of H-pyrrole nitrogens is 1. The summed E-state index contributed by atoms with van der Waals surface area (Å²) in [7, 11) is 3.20. The lowest BCUT2D eigenvalue weighted by molar-refractivity contribution is -0.132. The minimum Gasteiger partial charge on any atom is -0.497 e. The molecule has 47 heavy (non-hydrogen) atoms. The van der Waals surface area contributed by atoms with Crippen LogP contribution >= 0.6 is 0 Å². The average Bonchev–Trinajstić information content (AvgIpc) is 3.34. The molecule has 1 aliphatic rings. The Bertz CT molecular complexity index is 1640. The van der Waals surface area contributed by atoms with Gasteiger partial charge < -0.3 is 29.2 Å². The van der Waals surface area contributed by atoms with E-state index < -0.39 is 41.0 Å². The van der Waals surface area contributed by atoms with Crippen molar-refractivity contribution < 1.29 is 29.2 Å². The van der Waals surface area contributed by atoms with E-state index in [9.17, 15) is 19.8 Å². The van der Waals surface area contributed by atoms with Gasteiger partial charge in [-0.2, -0.15) is 0 Å². The highest BCUT2D eigenvalue weighted by Gasteiger charge is 2.57. The maximum Gasteiger partial charge on any atom is 0.330 e. The van der Waals surface area contributed by atoms with Crippen LogP contribution in [0, 0.1) is 0 Å². The van der Waals surface area contributed by atoms with Gasteiger partial charge in [-0.25, -0.2) is 4.79 Å². The zero-order valence-electron chi connectivity index (χ0n) is 26.9. The number of aromatic amines is 1. The largest absolute Gasteiger partial charge is 0.497 e. The smallest absolute Gasteiger partial charge is 0.330 e. The second-order valence-corrected chi connectivity index (χ2v) is 11.6. The Kier molecular flexibility index (Phi) is 10.9. The van der Waals surface area contributed by atoms with Gasteiger partial charge >= 0.3 is 5.69 Å². The maximum absolute atomic E-state index is 12.9. The summed E-state index contributed by atoms with van der Waals surface area (Å²) in [6, 6.07) is 25.9. The number of hydrogen-bond donors (Lipinski definition) is 4. The van der Waals surface area contributed by atoms with E-state index in [0.717, 1.165) is 53.0 Å². The number of ether oxygens (including phenoxy) is 4. The molecule has 0 unspecified atom stereocenters. The molecular formula is C36H43N3O8. The molecule has 11 heteroatoms. The molecule has 1 fully saturated rings. The Morgan fingerprint density at radius 1 is 0.872 bits per heavy atom. The quantitative estimate of drug-likeness (QED) is 0.0865. The van der Waals surface area contributed by atoms with Crippen molar-refractivity contribution in [2.75, 3.05) is 27.4 Å². The summed E-state index contributed by atoms with van der Waals surface area (Å²) < 4.78 is 25.1. The fourth-order valence-electron chi connectivity index (χ4n) is 6.11. The van der Waals surface area contributed by atoms with Crippen LogP contribution in [0.5, 0.6) is 11.5 Å². The van der Waals surface area contributed by atoms with Gasteiger partial charge in [0.15, 0.2) is 12.0 Å². The van der Waals surface area contributed by atoms with Gasteiger partial charge in [0.2, 0.25) is 0 Å². The number of aliphatic hydroxyl groups is 2. The minimum absolute atomic E-state index is 0.192. The number of unbranched alkanes of at least 4 members (excludes halogenated alkanes) is 3. The lowest BCUT2D eigenvalue weighted by Gasteiger charge is -2.37. The molecule has 4 atom stereocenters. The van der Waals surface area contributed by atoms with Crippen LogP contribution < -0.4 is 26.0 Å². The third kappa shape index (κ3) is 7.04. The van der Waals surface area contributed by atoms with Crippen LogP contribution in [0.25, 0.3) is 0 Å². The van der Waals surface area contributed by atoms with E-state index in [-0.39, 0.29) is 6.61 Å². The van der Waals surface area contributed by atoms with Gasteiger partial charge in [-0.05, 0) is 53.9 Å². The highest BCUT2D eigenvalue weighted by Crippen LogP contribution is 2.43. The van der Waals surface area contributed by atoms with Crippen molar-refractivity contribution in [2.24, 2.45) is 0 Å². The molecule has 5 rings (SSSR count). The first-order valence-corrected chi connectivity index (χ1v) is 15.9. The summed E-state index contributed by atoms with van der Waals surface area (Å²) in [6.45, 7) is 2.28. The number of hydrogen-bond acceptors (Lipinski definition) is 9. The van der Waals surface area contributed by atoms with Crippen molar-refractivity contribution in [3.63, 3.8) is 0 Å². The van der Waals surface area contributed by atoms with Gasteiger partial charge in [0.25, 0.3) is 5.56 Å². The standard InChI is InChI=1S/C36H43N3O8/c1-4-5-6-10-22-37-36(43)32(41)30(47-33(36)39-23-21-31(40)38-34(39)42)24-46-35(25-11-8-7-9-12-25,26-13-17-28(44-2)18-14-26)27-15-19-29(45-3)20-16-27/h7-9,11-21,23,30,32-33,37,41,43H,4-6,10,22,24H2,1-3H3,(H,38,40,42)/t30-,32-,33-,36-/m1/s1. The Balaban J connectivity index is 1.55. The molecular weight excluding hydrogens is 602 g/mol. The summed E-state index contributed by atoms with van der Waals surface area (Å²) in [6.07, 6.45) is 1.000. The molecule has 2 heterocycles. The Morgan fingerprint density at radius 3 is 2.02 bits per heavy atom. The van der Waals surface area contributed by atoms with Crippen LogP contribution in [-0.4, -0.2) is 65.1 Å². The number of aliphatic hydroxyl groups excluding tert-OH is 1. The summed E-state index contributed by atoms with van der Waals surface area (Å²) in [5.41, 5.74) is -2.29. The van der Waals surface area contributed by atoms with Crippen LogP contribution in [0.4, 0.5) is 0 Å². The van der Waals surface area contributed by atoms with Crippen LogP contribution in [0.15, 0.2) is 101 Å². The molecule has 1 saturated heterocycles. The summed E-state index contributed by atoms with van der Waals surface area (Å²) in [4.78, 5) is 26.9. The van der Waals surface area contributed by atoms with Crippen molar-refractivity contribution in [3.8, 4) is 11.5 Å². The normalized spacial score (nSPS) is 21.1. The first kappa shape index (κ1) is 34.1. The van der Waals surface area contributed by atoms with Crippen LogP contribution in [-0.2, 0) is 15.1 Å². The predicted octanol–water partition coefficient (Wildman–Crippen LogP) is 3.68.